The predicted molar refractivity (Wildman–Crippen MR) is 111 cm³/mol. The van der Waals surface area contributed by atoms with Gasteiger partial charge in [-0.15, -0.1) is 0 Å². The minimum atomic E-state index is -0.361. The molecule has 0 aliphatic heterocycles. The molecule has 0 aliphatic rings. The summed E-state index contributed by atoms with van der Waals surface area (Å²) in [5.74, 6) is 0.830. The number of hydrogen-bond donors (Lipinski definition) is 1. The van der Waals surface area contributed by atoms with Gasteiger partial charge in [0.25, 0.3) is 0 Å². The lowest BCUT2D eigenvalue weighted by Gasteiger charge is -2.05. The highest BCUT2D eigenvalue weighted by atomic mass is 35.5. The molecule has 0 saturated heterocycles. The molecule has 0 spiro atoms. The van der Waals surface area contributed by atoms with Crippen LogP contribution in [0.5, 0.6) is 0 Å². The number of rotatable bonds is 7. The molecule has 0 radical (unpaired) electrons. The van der Waals surface area contributed by atoms with Crippen molar-refractivity contribution in [1.29, 1.82) is 0 Å². The number of furan rings is 1. The Morgan fingerprint density at radius 3 is 2.64 bits per heavy atom. The monoisotopic (exact) mass is 416 g/mol. The van der Waals surface area contributed by atoms with E-state index in [4.69, 9.17) is 32.4 Å². The second-order valence-electron chi connectivity index (χ2n) is 5.80. The molecule has 7 heteroatoms. The van der Waals surface area contributed by atoms with Crippen LogP contribution in [-0.4, -0.2) is 18.8 Å². The van der Waals surface area contributed by atoms with Gasteiger partial charge in [-0.3, -0.25) is 0 Å². The maximum Gasteiger partial charge on any atom is 0.338 e. The summed E-state index contributed by atoms with van der Waals surface area (Å²) in [5, 5.41) is 5.30. The lowest BCUT2D eigenvalue weighted by molar-refractivity contribution is 0.0526. The Hall–Kier alpha value is -2.76. The number of carbonyl (C=O) groups is 1. The zero-order valence-electron chi connectivity index (χ0n) is 15.1. The number of hydrazone groups is 1. The number of halogens is 2. The zero-order valence-corrected chi connectivity index (χ0v) is 16.6. The van der Waals surface area contributed by atoms with E-state index in [1.807, 2.05) is 12.1 Å². The smallest absolute Gasteiger partial charge is 0.338 e. The van der Waals surface area contributed by atoms with Crippen LogP contribution in [0.1, 0.15) is 28.6 Å². The largest absolute Gasteiger partial charge is 0.462 e. The van der Waals surface area contributed by atoms with Gasteiger partial charge in [0, 0.05) is 21.2 Å². The second-order valence-corrected chi connectivity index (χ2v) is 6.61. The zero-order chi connectivity index (χ0) is 19.9. The third kappa shape index (κ3) is 4.94. The van der Waals surface area contributed by atoms with E-state index in [9.17, 15) is 4.79 Å². The SMILES string of the molecule is CCOC(=O)c1cccc(-c2ccc(/C=N\NCc3c(Cl)cccc3Cl)o2)c1. The minimum Gasteiger partial charge on any atom is -0.462 e. The molecule has 0 saturated carbocycles. The Morgan fingerprint density at radius 2 is 1.89 bits per heavy atom. The van der Waals surface area contributed by atoms with Crippen LogP contribution in [0.25, 0.3) is 11.3 Å². The topological polar surface area (TPSA) is 63.8 Å². The lowest BCUT2D eigenvalue weighted by Crippen LogP contribution is -2.06. The van der Waals surface area contributed by atoms with Gasteiger partial charge in [-0.2, -0.15) is 5.10 Å². The summed E-state index contributed by atoms with van der Waals surface area (Å²) < 4.78 is 10.8. The van der Waals surface area contributed by atoms with Gasteiger partial charge < -0.3 is 14.6 Å². The number of hydrogen-bond acceptors (Lipinski definition) is 5. The van der Waals surface area contributed by atoms with Gasteiger partial charge in [-0.05, 0) is 43.3 Å². The molecule has 5 nitrogen and oxygen atoms in total. The summed E-state index contributed by atoms with van der Waals surface area (Å²) in [5.41, 5.74) is 4.93. The van der Waals surface area contributed by atoms with Crippen molar-refractivity contribution in [3.05, 3.63) is 81.5 Å². The van der Waals surface area contributed by atoms with E-state index < -0.39 is 0 Å². The molecular weight excluding hydrogens is 399 g/mol. The summed E-state index contributed by atoms with van der Waals surface area (Å²) >= 11 is 12.2. The normalized spacial score (nSPS) is 11.0. The lowest BCUT2D eigenvalue weighted by atomic mass is 10.1. The predicted octanol–water partition coefficient (Wildman–Crippen LogP) is 5.55. The molecule has 0 aliphatic carbocycles. The van der Waals surface area contributed by atoms with Crippen LogP contribution in [0.3, 0.4) is 0 Å². The van der Waals surface area contributed by atoms with Gasteiger partial charge >= 0.3 is 5.97 Å². The van der Waals surface area contributed by atoms with Gasteiger partial charge in [0.15, 0.2) is 0 Å². The summed E-state index contributed by atoms with van der Waals surface area (Å²) in [4.78, 5) is 11.9. The summed E-state index contributed by atoms with van der Waals surface area (Å²) in [6, 6.07) is 16.0. The molecule has 0 bridgehead atoms. The average molecular weight is 417 g/mol. The van der Waals surface area contributed by atoms with Crippen molar-refractivity contribution in [2.75, 3.05) is 6.61 Å². The second kappa shape index (κ2) is 9.44. The van der Waals surface area contributed by atoms with E-state index in [1.165, 1.54) is 0 Å². The van der Waals surface area contributed by atoms with Crippen LogP contribution >= 0.6 is 23.2 Å². The van der Waals surface area contributed by atoms with E-state index in [-0.39, 0.29) is 5.97 Å². The molecule has 0 fully saturated rings. The molecule has 3 rings (SSSR count). The number of carbonyl (C=O) groups excluding carboxylic acids is 1. The number of nitrogens with zero attached hydrogens (tertiary/aromatic N) is 1. The summed E-state index contributed by atoms with van der Waals surface area (Å²) in [7, 11) is 0. The Bertz CT molecular complexity index is 979. The Morgan fingerprint density at radius 1 is 1.14 bits per heavy atom. The van der Waals surface area contributed by atoms with Crippen LogP contribution in [0, 0.1) is 0 Å². The van der Waals surface area contributed by atoms with Gasteiger partial charge in [0.1, 0.15) is 11.5 Å². The van der Waals surface area contributed by atoms with Crippen LogP contribution in [-0.2, 0) is 11.3 Å². The molecule has 2 aromatic carbocycles. The molecule has 1 N–H and O–H groups in total. The number of benzene rings is 2. The minimum absolute atomic E-state index is 0.330. The van der Waals surface area contributed by atoms with Gasteiger partial charge in [-0.25, -0.2) is 4.79 Å². The first kappa shape index (κ1) is 20.0. The molecule has 1 heterocycles. The molecule has 0 amide bonds. The highest BCUT2D eigenvalue weighted by Gasteiger charge is 2.10. The van der Waals surface area contributed by atoms with E-state index in [1.54, 1.807) is 55.6 Å². The van der Waals surface area contributed by atoms with Crippen LogP contribution in [0.2, 0.25) is 10.0 Å². The van der Waals surface area contributed by atoms with E-state index in [0.29, 0.717) is 40.3 Å². The number of nitrogens with one attached hydrogen (secondary N) is 1. The number of esters is 1. The first-order valence-corrected chi connectivity index (χ1v) is 9.40. The Kier molecular flexibility index (Phi) is 6.74. The molecular formula is C21H18Cl2N2O3. The fraction of sp³-hybridized carbons (Fsp3) is 0.143. The standard InChI is InChI=1S/C21H18Cl2N2O3/c1-2-27-21(26)15-6-3-5-14(11-15)20-10-9-16(28-20)12-24-25-13-17-18(22)7-4-8-19(17)23/h3-12,25H,2,13H2,1H3/b24-12-. The third-order valence-electron chi connectivity index (χ3n) is 3.89. The highest BCUT2D eigenvalue weighted by molar-refractivity contribution is 6.35. The van der Waals surface area contributed by atoms with Crippen LogP contribution in [0.4, 0.5) is 0 Å². The maximum atomic E-state index is 11.9. The van der Waals surface area contributed by atoms with Crippen molar-refractivity contribution in [1.82, 2.24) is 5.43 Å². The van der Waals surface area contributed by atoms with Crippen LogP contribution < -0.4 is 5.43 Å². The third-order valence-corrected chi connectivity index (χ3v) is 4.59. The van der Waals surface area contributed by atoms with Gasteiger partial charge in [-0.1, -0.05) is 41.4 Å². The van der Waals surface area contributed by atoms with Gasteiger partial charge in [0.2, 0.25) is 0 Å². The molecule has 1 aromatic heterocycles. The highest BCUT2D eigenvalue weighted by Crippen LogP contribution is 2.24. The summed E-state index contributed by atoms with van der Waals surface area (Å²) in [6.07, 6.45) is 1.56. The Labute approximate surface area is 172 Å². The summed E-state index contributed by atoms with van der Waals surface area (Å²) in [6.45, 7) is 2.49. The van der Waals surface area contributed by atoms with Gasteiger partial charge in [0.05, 0.1) is 24.9 Å². The van der Waals surface area contributed by atoms with E-state index >= 15 is 0 Å². The first-order chi connectivity index (χ1) is 13.6. The van der Waals surface area contributed by atoms with E-state index in [2.05, 4.69) is 10.5 Å². The van der Waals surface area contributed by atoms with E-state index in [0.717, 1.165) is 11.1 Å². The van der Waals surface area contributed by atoms with Crippen molar-refractivity contribution in [2.24, 2.45) is 5.10 Å². The fourth-order valence-corrected chi connectivity index (χ4v) is 3.06. The molecule has 144 valence electrons. The molecule has 0 atom stereocenters. The first-order valence-electron chi connectivity index (χ1n) is 8.64. The molecule has 0 unspecified atom stereocenters. The average Bonchev–Trinajstić information content (AvgIpc) is 3.16. The fourth-order valence-electron chi connectivity index (χ4n) is 2.53. The van der Waals surface area contributed by atoms with Crippen molar-refractivity contribution in [2.45, 2.75) is 13.5 Å². The number of ether oxygens (including phenoxy) is 1. The molecule has 3 aromatic rings. The Balaban J connectivity index is 1.65. The van der Waals surface area contributed by atoms with Crippen molar-refractivity contribution >= 4 is 35.4 Å². The quantitative estimate of drug-likeness (QED) is 0.311. The van der Waals surface area contributed by atoms with Crippen LogP contribution in [0.15, 0.2) is 64.1 Å². The van der Waals surface area contributed by atoms with Crippen molar-refractivity contribution < 1.29 is 13.9 Å². The maximum absolute atomic E-state index is 11.9. The van der Waals surface area contributed by atoms with Crippen molar-refractivity contribution in [3.63, 3.8) is 0 Å². The van der Waals surface area contributed by atoms with Crippen molar-refractivity contribution in [3.8, 4) is 11.3 Å². The molecule has 28 heavy (non-hydrogen) atoms.